The predicted molar refractivity (Wildman–Crippen MR) is 126 cm³/mol. The van der Waals surface area contributed by atoms with E-state index < -0.39 is 0 Å². The SMILES string of the molecule is COc1cc(/C=C2\SC(=Nc3ccccc3)NC2=O)cc(Cl)c1OCc1ccccc1. The van der Waals surface area contributed by atoms with E-state index in [9.17, 15) is 4.79 Å². The standard InChI is InChI=1S/C24H19ClN2O3S/c1-29-20-13-17(12-19(25)22(20)30-15-16-8-4-2-5-9-16)14-21-23(28)27-24(31-21)26-18-10-6-3-7-11-18/h2-14H,15H2,1H3,(H,26,27,28)/b21-14-. The molecule has 0 radical (unpaired) electrons. The number of hydrogen-bond donors (Lipinski definition) is 1. The highest BCUT2D eigenvalue weighted by Gasteiger charge is 2.24. The number of aliphatic imine (C=N–C) groups is 1. The number of rotatable bonds is 6. The Hall–Kier alpha value is -3.22. The van der Waals surface area contributed by atoms with E-state index in [1.54, 1.807) is 25.3 Å². The second-order valence-corrected chi connectivity index (χ2v) is 8.06. The van der Waals surface area contributed by atoms with Crippen molar-refractivity contribution in [3.8, 4) is 11.5 Å². The Morgan fingerprint density at radius 3 is 2.48 bits per heavy atom. The Morgan fingerprint density at radius 2 is 1.77 bits per heavy atom. The van der Waals surface area contributed by atoms with Crippen molar-refractivity contribution >= 4 is 46.2 Å². The second-order valence-electron chi connectivity index (χ2n) is 6.63. The quantitative estimate of drug-likeness (QED) is 0.481. The van der Waals surface area contributed by atoms with Crippen LogP contribution in [0.2, 0.25) is 5.02 Å². The van der Waals surface area contributed by atoms with E-state index in [2.05, 4.69) is 10.3 Å². The topological polar surface area (TPSA) is 59.9 Å². The fourth-order valence-electron chi connectivity index (χ4n) is 2.94. The maximum Gasteiger partial charge on any atom is 0.264 e. The molecule has 31 heavy (non-hydrogen) atoms. The van der Waals surface area contributed by atoms with Crippen molar-refractivity contribution in [2.75, 3.05) is 7.11 Å². The smallest absolute Gasteiger partial charge is 0.264 e. The van der Waals surface area contributed by atoms with Gasteiger partial charge in [-0.3, -0.25) is 4.79 Å². The fraction of sp³-hybridized carbons (Fsp3) is 0.0833. The summed E-state index contributed by atoms with van der Waals surface area (Å²) in [6.07, 6.45) is 1.75. The molecule has 3 aromatic carbocycles. The van der Waals surface area contributed by atoms with Crippen LogP contribution >= 0.6 is 23.4 Å². The molecule has 0 spiro atoms. The molecule has 1 aliphatic heterocycles. The number of carbonyl (C=O) groups excluding carboxylic acids is 1. The number of amidine groups is 1. The number of thioether (sulfide) groups is 1. The zero-order valence-corrected chi connectivity index (χ0v) is 18.2. The average Bonchev–Trinajstić information content (AvgIpc) is 3.12. The molecule has 0 aromatic heterocycles. The van der Waals surface area contributed by atoms with Crippen LogP contribution in [0.4, 0.5) is 5.69 Å². The van der Waals surface area contributed by atoms with Gasteiger partial charge in [0.15, 0.2) is 16.7 Å². The van der Waals surface area contributed by atoms with Crippen LogP contribution in [0, 0.1) is 0 Å². The van der Waals surface area contributed by atoms with Gasteiger partial charge in [0.2, 0.25) is 0 Å². The van der Waals surface area contributed by atoms with Crippen LogP contribution in [0.15, 0.2) is 82.7 Å². The number of para-hydroxylation sites is 1. The van der Waals surface area contributed by atoms with Crippen molar-refractivity contribution in [1.29, 1.82) is 0 Å². The highest BCUT2D eigenvalue weighted by atomic mass is 35.5. The molecule has 0 aliphatic carbocycles. The molecule has 5 nitrogen and oxygen atoms in total. The first-order valence-corrected chi connectivity index (χ1v) is 10.7. The van der Waals surface area contributed by atoms with Crippen LogP contribution in [0.5, 0.6) is 11.5 Å². The van der Waals surface area contributed by atoms with Gasteiger partial charge in [0, 0.05) is 0 Å². The lowest BCUT2D eigenvalue weighted by Gasteiger charge is -2.13. The molecule has 1 amide bonds. The number of amides is 1. The van der Waals surface area contributed by atoms with E-state index in [1.807, 2.05) is 60.7 Å². The van der Waals surface area contributed by atoms with E-state index >= 15 is 0 Å². The number of nitrogens with one attached hydrogen (secondary N) is 1. The number of hydrogen-bond acceptors (Lipinski definition) is 5. The van der Waals surface area contributed by atoms with E-state index in [-0.39, 0.29) is 5.91 Å². The minimum Gasteiger partial charge on any atom is -0.493 e. The van der Waals surface area contributed by atoms with Crippen molar-refractivity contribution in [3.05, 3.63) is 93.9 Å². The van der Waals surface area contributed by atoms with Gasteiger partial charge in [0.25, 0.3) is 5.91 Å². The summed E-state index contributed by atoms with van der Waals surface area (Å²) in [6, 6.07) is 22.8. The minimum atomic E-state index is -0.209. The molecule has 0 atom stereocenters. The molecule has 1 saturated heterocycles. The number of carbonyl (C=O) groups is 1. The summed E-state index contributed by atoms with van der Waals surface area (Å²) in [4.78, 5) is 17.3. The Bertz CT molecular complexity index is 1150. The molecule has 156 valence electrons. The Labute approximate surface area is 189 Å². The normalized spacial score (nSPS) is 15.9. The number of benzene rings is 3. The molecule has 0 unspecified atom stereocenters. The zero-order chi connectivity index (χ0) is 21.6. The highest BCUT2D eigenvalue weighted by molar-refractivity contribution is 8.18. The molecular weight excluding hydrogens is 432 g/mol. The van der Waals surface area contributed by atoms with E-state index in [1.165, 1.54) is 11.8 Å². The molecule has 7 heteroatoms. The van der Waals surface area contributed by atoms with Gasteiger partial charge in [-0.25, -0.2) is 4.99 Å². The van der Waals surface area contributed by atoms with E-state index in [0.717, 1.165) is 16.8 Å². The van der Waals surface area contributed by atoms with Crippen LogP contribution in [0.25, 0.3) is 6.08 Å². The Morgan fingerprint density at radius 1 is 1.06 bits per heavy atom. The number of methoxy groups -OCH3 is 1. The minimum absolute atomic E-state index is 0.209. The first-order valence-electron chi connectivity index (χ1n) is 9.51. The summed E-state index contributed by atoms with van der Waals surface area (Å²) in [5.74, 6) is 0.751. The largest absolute Gasteiger partial charge is 0.493 e. The number of nitrogens with zero attached hydrogens (tertiary/aromatic N) is 1. The van der Waals surface area contributed by atoms with Gasteiger partial charge < -0.3 is 14.8 Å². The third-order valence-corrected chi connectivity index (χ3v) is 5.60. The summed E-state index contributed by atoms with van der Waals surface area (Å²) in [5.41, 5.74) is 2.53. The highest BCUT2D eigenvalue weighted by Crippen LogP contribution is 2.38. The zero-order valence-electron chi connectivity index (χ0n) is 16.7. The molecule has 0 bridgehead atoms. The van der Waals surface area contributed by atoms with Crippen LogP contribution in [-0.4, -0.2) is 18.2 Å². The Kier molecular flexibility index (Phi) is 6.60. The maximum absolute atomic E-state index is 12.4. The first-order chi connectivity index (χ1) is 15.1. The van der Waals surface area contributed by atoms with Crippen LogP contribution in [0.1, 0.15) is 11.1 Å². The van der Waals surface area contributed by atoms with Gasteiger partial charge in [0.1, 0.15) is 6.61 Å². The lowest BCUT2D eigenvalue weighted by atomic mass is 10.1. The van der Waals surface area contributed by atoms with E-state index in [4.69, 9.17) is 21.1 Å². The molecule has 3 aromatic rings. The predicted octanol–water partition coefficient (Wildman–Crippen LogP) is 5.82. The molecule has 4 rings (SSSR count). The first kappa shape index (κ1) is 21.0. The van der Waals surface area contributed by atoms with Gasteiger partial charge in [0.05, 0.1) is 22.7 Å². The maximum atomic E-state index is 12.4. The van der Waals surface area contributed by atoms with Crippen molar-refractivity contribution < 1.29 is 14.3 Å². The van der Waals surface area contributed by atoms with Gasteiger partial charge >= 0.3 is 0 Å². The summed E-state index contributed by atoms with van der Waals surface area (Å²) >= 11 is 7.75. The van der Waals surface area contributed by atoms with Crippen molar-refractivity contribution in [2.45, 2.75) is 6.61 Å². The molecule has 1 N–H and O–H groups in total. The third kappa shape index (κ3) is 5.29. The second kappa shape index (κ2) is 9.73. The van der Waals surface area contributed by atoms with Crippen molar-refractivity contribution in [1.82, 2.24) is 5.32 Å². The molecular formula is C24H19ClN2O3S. The fourth-order valence-corrected chi connectivity index (χ4v) is 4.06. The monoisotopic (exact) mass is 450 g/mol. The third-order valence-electron chi connectivity index (χ3n) is 4.41. The van der Waals surface area contributed by atoms with Crippen molar-refractivity contribution in [2.24, 2.45) is 4.99 Å². The van der Waals surface area contributed by atoms with Crippen LogP contribution < -0.4 is 14.8 Å². The number of ether oxygens (including phenoxy) is 2. The van der Waals surface area contributed by atoms with Gasteiger partial charge in [-0.05, 0) is 53.2 Å². The number of halogens is 1. The molecule has 0 saturated carbocycles. The van der Waals surface area contributed by atoms with Crippen LogP contribution in [-0.2, 0) is 11.4 Å². The molecule has 1 fully saturated rings. The van der Waals surface area contributed by atoms with Gasteiger partial charge in [-0.2, -0.15) is 0 Å². The van der Waals surface area contributed by atoms with Crippen molar-refractivity contribution in [3.63, 3.8) is 0 Å². The molecule has 1 heterocycles. The van der Waals surface area contributed by atoms with Gasteiger partial charge in [-0.1, -0.05) is 60.1 Å². The summed E-state index contributed by atoms with van der Waals surface area (Å²) in [7, 11) is 1.56. The average molecular weight is 451 g/mol. The summed E-state index contributed by atoms with van der Waals surface area (Å²) < 4.78 is 11.4. The molecule has 1 aliphatic rings. The van der Waals surface area contributed by atoms with Crippen LogP contribution in [0.3, 0.4) is 0 Å². The Balaban J connectivity index is 1.54. The lowest BCUT2D eigenvalue weighted by molar-refractivity contribution is -0.115. The lowest BCUT2D eigenvalue weighted by Crippen LogP contribution is -2.19. The van der Waals surface area contributed by atoms with Gasteiger partial charge in [-0.15, -0.1) is 0 Å². The van der Waals surface area contributed by atoms with E-state index in [0.29, 0.717) is 33.2 Å². The summed E-state index contributed by atoms with van der Waals surface area (Å²) in [5, 5.41) is 3.72. The summed E-state index contributed by atoms with van der Waals surface area (Å²) in [6.45, 7) is 0.370.